The van der Waals surface area contributed by atoms with E-state index < -0.39 is 50.1 Å². The zero-order chi connectivity index (χ0) is 31.6. The van der Waals surface area contributed by atoms with Crippen molar-refractivity contribution < 1.29 is 44.3 Å². The summed E-state index contributed by atoms with van der Waals surface area (Å²) in [6.45, 7) is 0. The molecule has 4 rings (SSSR count). The number of sulfonamides is 1. The third-order valence-corrected chi connectivity index (χ3v) is 7.09. The number of rotatable bonds is 7. The zero-order valence-corrected chi connectivity index (χ0v) is 22.4. The van der Waals surface area contributed by atoms with Gasteiger partial charge in [0.15, 0.2) is 0 Å². The Morgan fingerprint density at radius 3 is 2.05 bits per heavy atom. The minimum Gasteiger partial charge on any atom is -0.424 e. The average Bonchev–Trinajstić information content (AvgIpc) is 2.93. The fourth-order valence-corrected chi connectivity index (χ4v) is 4.40. The van der Waals surface area contributed by atoms with Gasteiger partial charge in [-0.3, -0.25) is 0 Å². The van der Waals surface area contributed by atoms with Crippen molar-refractivity contribution in [3.05, 3.63) is 78.2 Å². The quantitative estimate of drug-likeness (QED) is 0.195. The maximum Gasteiger partial charge on any atom is 0.417 e. The number of alkyl halides is 6. The number of ether oxygens (including phenoxy) is 1. The summed E-state index contributed by atoms with van der Waals surface area (Å²) < 4.78 is 110. The van der Waals surface area contributed by atoms with Gasteiger partial charge in [0.1, 0.15) is 16.5 Å². The lowest BCUT2D eigenvalue weighted by molar-refractivity contribution is -0.138. The molecular formula is C25H19F6N7O4S. The molecule has 0 saturated carbocycles. The molecule has 0 aliphatic rings. The number of carbonyl (C=O) groups is 1. The molecule has 2 heterocycles. The van der Waals surface area contributed by atoms with Gasteiger partial charge in [-0.25, -0.2) is 32.9 Å². The molecule has 43 heavy (non-hydrogen) atoms. The fourth-order valence-electron chi connectivity index (χ4n) is 3.54. The molecular weight excluding hydrogens is 608 g/mol. The maximum atomic E-state index is 13.2. The smallest absolute Gasteiger partial charge is 0.417 e. The topological polar surface area (TPSA) is 161 Å². The number of hydrogen-bond donors (Lipinski definition) is 4. The second-order valence-corrected chi connectivity index (χ2v) is 10.4. The van der Waals surface area contributed by atoms with E-state index in [4.69, 9.17) is 10.5 Å². The molecule has 0 atom stereocenters. The molecule has 0 unspecified atom stereocenters. The number of nitrogens with zero attached hydrogens (tertiary/aromatic N) is 3. The molecule has 11 nitrogen and oxygen atoms in total. The fraction of sp³-hybridized carbons (Fsp3) is 0.120. The maximum absolute atomic E-state index is 13.2. The molecule has 2 aromatic carbocycles. The highest BCUT2D eigenvalue weighted by molar-refractivity contribution is 7.89. The minimum atomic E-state index is -4.80. The van der Waals surface area contributed by atoms with Gasteiger partial charge in [0, 0.05) is 11.8 Å². The van der Waals surface area contributed by atoms with Gasteiger partial charge >= 0.3 is 24.4 Å². The third-order valence-electron chi connectivity index (χ3n) is 5.62. The SMILES string of the molecule is CNS(=O)(=O)c1ccc(C(F)(F)F)cc1NC(=O)Nc1cnc(Oc2ccc(-c3cc(C(F)(F)F)cnc3N)cc2)nc1. The Balaban J connectivity index is 1.44. The molecule has 0 saturated heterocycles. The van der Waals surface area contributed by atoms with E-state index in [0.29, 0.717) is 30.0 Å². The van der Waals surface area contributed by atoms with Crippen LogP contribution >= 0.6 is 0 Å². The van der Waals surface area contributed by atoms with Gasteiger partial charge in [0.25, 0.3) is 0 Å². The van der Waals surface area contributed by atoms with Crippen LogP contribution in [0.15, 0.2) is 72.0 Å². The van der Waals surface area contributed by atoms with Crippen LogP contribution in [0.1, 0.15) is 11.1 Å². The summed E-state index contributed by atoms with van der Waals surface area (Å²) in [5, 5.41) is 4.33. The van der Waals surface area contributed by atoms with Crippen molar-refractivity contribution in [3.63, 3.8) is 0 Å². The van der Waals surface area contributed by atoms with E-state index >= 15 is 0 Å². The number of carbonyl (C=O) groups excluding carboxylic acids is 1. The summed E-state index contributed by atoms with van der Waals surface area (Å²) in [5.41, 5.74) is 3.32. The van der Waals surface area contributed by atoms with Gasteiger partial charge in [-0.1, -0.05) is 12.1 Å². The number of benzene rings is 2. The molecule has 2 aromatic heterocycles. The molecule has 226 valence electrons. The number of anilines is 3. The Morgan fingerprint density at radius 1 is 0.837 bits per heavy atom. The van der Waals surface area contributed by atoms with Crippen molar-refractivity contribution in [2.45, 2.75) is 17.2 Å². The summed E-state index contributed by atoms with van der Waals surface area (Å²) >= 11 is 0. The van der Waals surface area contributed by atoms with E-state index in [1.807, 2.05) is 4.72 Å². The van der Waals surface area contributed by atoms with Crippen LogP contribution in [0.4, 0.5) is 48.3 Å². The molecule has 2 amide bonds. The lowest BCUT2D eigenvalue weighted by atomic mass is 10.0. The highest BCUT2D eigenvalue weighted by Crippen LogP contribution is 2.35. The van der Waals surface area contributed by atoms with E-state index in [1.165, 1.54) is 24.3 Å². The van der Waals surface area contributed by atoms with Crippen LogP contribution in [0.3, 0.4) is 0 Å². The molecule has 18 heteroatoms. The lowest BCUT2D eigenvalue weighted by Gasteiger charge is -2.15. The summed E-state index contributed by atoms with van der Waals surface area (Å²) in [4.78, 5) is 23.2. The van der Waals surface area contributed by atoms with Gasteiger partial charge in [-0.15, -0.1) is 0 Å². The number of halogens is 6. The van der Waals surface area contributed by atoms with Gasteiger partial charge in [0.2, 0.25) is 10.0 Å². The van der Waals surface area contributed by atoms with Gasteiger partial charge in [-0.2, -0.15) is 26.3 Å². The summed E-state index contributed by atoms with van der Waals surface area (Å²) in [7, 11) is -3.18. The Kier molecular flexibility index (Phi) is 8.45. The van der Waals surface area contributed by atoms with Crippen LogP contribution in [-0.2, 0) is 22.4 Å². The van der Waals surface area contributed by atoms with Crippen LogP contribution in [0, 0.1) is 0 Å². The first-order valence-electron chi connectivity index (χ1n) is 11.7. The zero-order valence-electron chi connectivity index (χ0n) is 21.6. The minimum absolute atomic E-state index is 0.0299. The van der Waals surface area contributed by atoms with Crippen LogP contribution in [0.5, 0.6) is 11.8 Å². The van der Waals surface area contributed by atoms with Gasteiger partial charge in [0.05, 0.1) is 34.9 Å². The molecule has 0 fully saturated rings. The van der Waals surface area contributed by atoms with Crippen molar-refractivity contribution in [1.29, 1.82) is 0 Å². The number of nitrogens with two attached hydrogens (primary N) is 1. The highest BCUT2D eigenvalue weighted by atomic mass is 32.2. The predicted octanol–water partition coefficient (Wildman–Crippen LogP) is 5.50. The number of nitrogen functional groups attached to an aromatic ring is 1. The van der Waals surface area contributed by atoms with Gasteiger partial charge < -0.3 is 21.1 Å². The number of urea groups is 1. The number of hydrogen-bond acceptors (Lipinski definition) is 8. The molecule has 0 aliphatic carbocycles. The second-order valence-electron chi connectivity index (χ2n) is 8.53. The Hall–Kier alpha value is -4.97. The third kappa shape index (κ3) is 7.46. The number of aromatic nitrogens is 3. The predicted molar refractivity (Wildman–Crippen MR) is 142 cm³/mol. The summed E-state index contributed by atoms with van der Waals surface area (Å²) in [5.74, 6) is 0.0913. The molecule has 0 radical (unpaired) electrons. The van der Waals surface area contributed by atoms with E-state index in [-0.39, 0.29) is 28.8 Å². The highest BCUT2D eigenvalue weighted by Gasteiger charge is 2.33. The number of amides is 2. The molecule has 4 aromatic rings. The van der Waals surface area contributed by atoms with Crippen LogP contribution < -0.4 is 25.8 Å². The molecule has 5 N–H and O–H groups in total. The monoisotopic (exact) mass is 627 g/mol. The first-order valence-corrected chi connectivity index (χ1v) is 13.2. The average molecular weight is 628 g/mol. The van der Waals surface area contributed by atoms with Crippen LogP contribution in [0.25, 0.3) is 11.1 Å². The molecule has 0 bridgehead atoms. The number of pyridine rings is 1. The largest absolute Gasteiger partial charge is 0.424 e. The summed E-state index contributed by atoms with van der Waals surface area (Å²) in [6.07, 6.45) is -6.58. The Morgan fingerprint density at radius 2 is 1.47 bits per heavy atom. The lowest BCUT2D eigenvalue weighted by Crippen LogP contribution is -2.25. The van der Waals surface area contributed by atoms with Crippen molar-refractivity contribution >= 4 is 33.2 Å². The molecule has 0 spiro atoms. The van der Waals surface area contributed by atoms with E-state index in [9.17, 15) is 39.6 Å². The van der Waals surface area contributed by atoms with Crippen molar-refractivity contribution in [1.82, 2.24) is 19.7 Å². The summed E-state index contributed by atoms with van der Waals surface area (Å²) in [6, 6.07) is 7.05. The van der Waals surface area contributed by atoms with Crippen LogP contribution in [-0.4, -0.2) is 36.4 Å². The van der Waals surface area contributed by atoms with E-state index in [0.717, 1.165) is 25.5 Å². The first kappa shape index (κ1) is 31.0. The normalized spacial score (nSPS) is 12.1. The van der Waals surface area contributed by atoms with Crippen molar-refractivity contribution in [2.75, 3.05) is 23.4 Å². The second kappa shape index (κ2) is 11.7. The van der Waals surface area contributed by atoms with E-state index in [2.05, 4.69) is 25.6 Å². The Labute approximate surface area is 239 Å². The first-order chi connectivity index (χ1) is 20.1. The van der Waals surface area contributed by atoms with Crippen LogP contribution in [0.2, 0.25) is 0 Å². The van der Waals surface area contributed by atoms with Gasteiger partial charge in [-0.05, 0) is 49.0 Å². The van der Waals surface area contributed by atoms with Crippen molar-refractivity contribution in [2.24, 2.45) is 0 Å². The van der Waals surface area contributed by atoms with E-state index in [1.54, 1.807) is 0 Å². The molecule has 0 aliphatic heterocycles. The number of nitrogens with one attached hydrogen (secondary N) is 3. The van der Waals surface area contributed by atoms with Crippen molar-refractivity contribution in [3.8, 4) is 22.9 Å². The standard InChI is InChI=1S/C25H19F6N7O4S/c1-33-43(40,41)20-7-4-14(24(26,27)28)9-19(20)38-22(39)37-16-11-35-23(36-12-16)42-17-5-2-13(3-6-17)18-8-15(25(29,30)31)10-34-21(18)32/h2-12,33H,1H3,(H2,32,34)(H2,37,38,39). The Bertz CT molecular complexity index is 1750.